The molecule has 146 valence electrons. The Labute approximate surface area is 168 Å². The number of anilines is 1. The molecule has 3 aromatic rings. The van der Waals surface area contributed by atoms with Crippen molar-refractivity contribution in [3.63, 3.8) is 0 Å². The number of aromatic nitrogens is 3. The van der Waals surface area contributed by atoms with Crippen LogP contribution >= 0.6 is 0 Å². The largest absolute Gasteiger partial charge is 0.338 e. The van der Waals surface area contributed by atoms with Crippen LogP contribution in [0, 0.1) is 6.92 Å². The quantitative estimate of drug-likeness (QED) is 0.701. The molecule has 0 radical (unpaired) electrons. The van der Waals surface area contributed by atoms with Crippen molar-refractivity contribution in [2.45, 2.75) is 19.3 Å². The van der Waals surface area contributed by atoms with Crippen LogP contribution in [-0.2, 0) is 11.2 Å². The Morgan fingerprint density at radius 3 is 2.93 bits per heavy atom. The molecule has 0 bridgehead atoms. The number of pyridine rings is 1. The van der Waals surface area contributed by atoms with Crippen LogP contribution in [0.1, 0.15) is 33.1 Å². The third-order valence-corrected chi connectivity index (χ3v) is 6.00. The molecule has 2 aromatic heterocycles. The van der Waals surface area contributed by atoms with Crippen LogP contribution in [-0.4, -0.2) is 51.5 Å². The number of aryl methyl sites for hydroxylation is 1. The molecule has 2 amide bonds. The molecule has 0 spiro atoms. The van der Waals surface area contributed by atoms with Gasteiger partial charge in [-0.3, -0.25) is 19.7 Å². The first kappa shape index (κ1) is 17.6. The van der Waals surface area contributed by atoms with E-state index in [1.54, 1.807) is 17.3 Å². The second kappa shape index (κ2) is 6.55. The van der Waals surface area contributed by atoms with E-state index in [1.807, 2.05) is 30.0 Å². The second-order valence-electron chi connectivity index (χ2n) is 7.64. The van der Waals surface area contributed by atoms with Crippen LogP contribution < -0.4 is 4.90 Å². The minimum absolute atomic E-state index is 0.0462. The Hall–Kier alpha value is -3.48. The number of rotatable bonds is 3. The lowest BCUT2D eigenvalue weighted by atomic mass is 9.85. The van der Waals surface area contributed by atoms with Gasteiger partial charge in [0.15, 0.2) is 0 Å². The minimum Gasteiger partial charge on any atom is -0.338 e. The molecule has 2 aliphatic rings. The lowest BCUT2D eigenvalue weighted by Crippen LogP contribution is -2.48. The average molecular weight is 387 g/mol. The summed E-state index contributed by atoms with van der Waals surface area (Å²) in [5.74, 6) is 0.118. The SMILES string of the molecule is C=CC(=O)N1CC(c2ccnc3c2CCN(c2c(C)ccc4[nH]ncc24)C3=O)C1. The van der Waals surface area contributed by atoms with Crippen molar-refractivity contribution in [2.75, 3.05) is 24.5 Å². The summed E-state index contributed by atoms with van der Waals surface area (Å²) in [5.41, 5.74) is 5.50. The van der Waals surface area contributed by atoms with E-state index in [0.717, 1.165) is 39.7 Å². The van der Waals surface area contributed by atoms with Crippen molar-refractivity contribution < 1.29 is 9.59 Å². The highest BCUT2D eigenvalue weighted by atomic mass is 16.2. The Morgan fingerprint density at radius 2 is 2.14 bits per heavy atom. The van der Waals surface area contributed by atoms with Crippen molar-refractivity contribution in [3.8, 4) is 0 Å². The number of benzene rings is 1. The summed E-state index contributed by atoms with van der Waals surface area (Å²) in [6.07, 6.45) is 5.56. The van der Waals surface area contributed by atoms with E-state index in [1.165, 1.54) is 6.08 Å². The number of hydrogen-bond donors (Lipinski definition) is 1. The Balaban J connectivity index is 1.49. The van der Waals surface area contributed by atoms with Crippen LogP contribution in [0.5, 0.6) is 0 Å². The predicted octanol–water partition coefficient (Wildman–Crippen LogP) is 2.58. The molecule has 0 saturated carbocycles. The van der Waals surface area contributed by atoms with Gasteiger partial charge in [-0.05, 0) is 48.2 Å². The van der Waals surface area contributed by atoms with E-state index >= 15 is 0 Å². The van der Waals surface area contributed by atoms with E-state index in [4.69, 9.17) is 0 Å². The monoisotopic (exact) mass is 387 g/mol. The van der Waals surface area contributed by atoms with Crippen molar-refractivity contribution in [1.82, 2.24) is 20.1 Å². The molecule has 4 heterocycles. The van der Waals surface area contributed by atoms with Gasteiger partial charge in [-0.15, -0.1) is 0 Å². The summed E-state index contributed by atoms with van der Waals surface area (Å²) in [6, 6.07) is 5.97. The molecule has 0 atom stereocenters. The molecule has 29 heavy (non-hydrogen) atoms. The first-order chi connectivity index (χ1) is 14.1. The van der Waals surface area contributed by atoms with Crippen LogP contribution in [0.15, 0.2) is 43.2 Å². The van der Waals surface area contributed by atoms with Gasteiger partial charge in [-0.2, -0.15) is 5.10 Å². The Kier molecular flexibility index (Phi) is 3.97. The standard InChI is InChI=1S/C22H21N5O2/c1-3-19(28)26-11-14(12-26)15-6-8-23-20-16(15)7-9-27(22(20)29)21-13(2)4-5-18-17(21)10-24-25-18/h3-6,8,10,14H,1,7,9,11-12H2,2H3,(H,24,25). The lowest BCUT2D eigenvalue weighted by Gasteiger charge is -2.40. The summed E-state index contributed by atoms with van der Waals surface area (Å²) in [6.45, 7) is 7.47. The minimum atomic E-state index is -0.0803. The zero-order valence-electron chi connectivity index (χ0n) is 16.2. The van der Waals surface area contributed by atoms with E-state index < -0.39 is 0 Å². The van der Waals surface area contributed by atoms with Gasteiger partial charge in [0.1, 0.15) is 5.69 Å². The number of fused-ring (bicyclic) bond motifs is 2. The smallest absolute Gasteiger partial charge is 0.277 e. The molecular weight excluding hydrogens is 366 g/mol. The fourth-order valence-electron chi connectivity index (χ4n) is 4.46. The topological polar surface area (TPSA) is 82.2 Å². The van der Waals surface area contributed by atoms with E-state index in [0.29, 0.717) is 25.3 Å². The molecular formula is C22H21N5O2. The maximum atomic E-state index is 13.4. The van der Waals surface area contributed by atoms with Gasteiger partial charge in [0.25, 0.3) is 5.91 Å². The van der Waals surface area contributed by atoms with Crippen molar-refractivity contribution in [1.29, 1.82) is 0 Å². The number of amides is 2. The molecule has 5 rings (SSSR count). The fraction of sp³-hybridized carbons (Fsp3) is 0.273. The summed E-state index contributed by atoms with van der Waals surface area (Å²) in [4.78, 5) is 33.2. The number of hydrogen-bond acceptors (Lipinski definition) is 4. The van der Waals surface area contributed by atoms with Crippen LogP contribution in [0.3, 0.4) is 0 Å². The number of nitrogens with one attached hydrogen (secondary N) is 1. The number of aromatic amines is 1. The van der Waals surface area contributed by atoms with Gasteiger partial charge in [0.05, 0.1) is 17.4 Å². The zero-order valence-corrected chi connectivity index (χ0v) is 16.2. The molecule has 1 fully saturated rings. The lowest BCUT2D eigenvalue weighted by molar-refractivity contribution is -0.130. The van der Waals surface area contributed by atoms with Crippen molar-refractivity contribution in [3.05, 3.63) is 65.6 Å². The summed E-state index contributed by atoms with van der Waals surface area (Å²) >= 11 is 0. The highest BCUT2D eigenvalue weighted by molar-refractivity contribution is 6.11. The predicted molar refractivity (Wildman–Crippen MR) is 110 cm³/mol. The maximum absolute atomic E-state index is 13.4. The number of H-pyrrole nitrogens is 1. The highest BCUT2D eigenvalue weighted by Gasteiger charge is 2.36. The summed E-state index contributed by atoms with van der Waals surface area (Å²) in [5, 5.41) is 8.05. The molecule has 1 saturated heterocycles. The Morgan fingerprint density at radius 1 is 1.31 bits per heavy atom. The Bertz CT molecular complexity index is 1160. The average Bonchev–Trinajstić information content (AvgIpc) is 3.17. The normalized spacial score (nSPS) is 16.7. The molecule has 1 aromatic carbocycles. The molecule has 0 unspecified atom stereocenters. The van der Waals surface area contributed by atoms with Crippen molar-refractivity contribution >= 4 is 28.4 Å². The van der Waals surface area contributed by atoms with Gasteiger partial charge in [-0.25, -0.2) is 0 Å². The van der Waals surface area contributed by atoms with Gasteiger partial charge >= 0.3 is 0 Å². The van der Waals surface area contributed by atoms with E-state index in [9.17, 15) is 9.59 Å². The van der Waals surface area contributed by atoms with E-state index in [2.05, 4.69) is 21.8 Å². The van der Waals surface area contributed by atoms with E-state index in [-0.39, 0.29) is 17.7 Å². The van der Waals surface area contributed by atoms with Crippen LogP contribution in [0.4, 0.5) is 5.69 Å². The van der Waals surface area contributed by atoms with Gasteiger partial charge in [0, 0.05) is 37.1 Å². The molecule has 7 heteroatoms. The second-order valence-corrected chi connectivity index (χ2v) is 7.64. The maximum Gasteiger partial charge on any atom is 0.277 e. The fourth-order valence-corrected chi connectivity index (χ4v) is 4.46. The third kappa shape index (κ3) is 2.65. The number of nitrogens with zero attached hydrogens (tertiary/aromatic N) is 4. The zero-order chi connectivity index (χ0) is 20.1. The summed E-state index contributed by atoms with van der Waals surface area (Å²) < 4.78 is 0. The highest BCUT2D eigenvalue weighted by Crippen LogP contribution is 2.36. The molecule has 2 aliphatic heterocycles. The van der Waals surface area contributed by atoms with Crippen LogP contribution in [0.2, 0.25) is 0 Å². The number of carbonyl (C=O) groups excluding carboxylic acids is 2. The third-order valence-electron chi connectivity index (χ3n) is 6.00. The number of carbonyl (C=O) groups is 2. The van der Waals surface area contributed by atoms with Gasteiger partial charge in [0.2, 0.25) is 5.91 Å². The molecule has 0 aliphatic carbocycles. The number of likely N-dealkylation sites (tertiary alicyclic amines) is 1. The van der Waals surface area contributed by atoms with Crippen molar-refractivity contribution in [2.24, 2.45) is 0 Å². The van der Waals surface area contributed by atoms with Crippen LogP contribution in [0.25, 0.3) is 10.9 Å². The van der Waals surface area contributed by atoms with Gasteiger partial charge < -0.3 is 9.80 Å². The summed E-state index contributed by atoms with van der Waals surface area (Å²) in [7, 11) is 0. The molecule has 7 nitrogen and oxygen atoms in total. The first-order valence-corrected chi connectivity index (χ1v) is 9.72. The molecule has 1 N–H and O–H groups in total. The first-order valence-electron chi connectivity index (χ1n) is 9.72. The van der Waals surface area contributed by atoms with Gasteiger partial charge in [-0.1, -0.05) is 12.6 Å².